The van der Waals surface area contributed by atoms with Gasteiger partial charge in [-0.2, -0.15) is 0 Å². The van der Waals surface area contributed by atoms with Crippen LogP contribution < -0.4 is 104 Å². The molecule has 0 spiro atoms. The number of para-hydroxylation sites is 1. The number of anilines is 1. The van der Waals surface area contributed by atoms with Crippen LogP contribution in [0.1, 0.15) is 15.9 Å². The van der Waals surface area contributed by atoms with Crippen LogP contribution in [0.3, 0.4) is 0 Å². The molecule has 0 aliphatic carbocycles. The Bertz CT molecular complexity index is 1910. The van der Waals surface area contributed by atoms with Gasteiger partial charge in [0.15, 0.2) is 12.5 Å². The molecule has 4 aromatic carbocycles. The van der Waals surface area contributed by atoms with E-state index in [0.717, 1.165) is 30.3 Å². The molecule has 0 aromatic heterocycles. The third-order valence-electron chi connectivity index (χ3n) is 5.64. The van der Waals surface area contributed by atoms with Gasteiger partial charge in [0.2, 0.25) is 0 Å². The molecule has 0 saturated heterocycles. The number of benzene rings is 4. The van der Waals surface area contributed by atoms with E-state index in [1.165, 1.54) is 13.0 Å². The second-order valence-electron chi connectivity index (χ2n) is 8.42. The van der Waals surface area contributed by atoms with Gasteiger partial charge in [-0.05, 0) is 60.3 Å². The second kappa shape index (κ2) is 16.8. The van der Waals surface area contributed by atoms with E-state index in [1.807, 2.05) is 0 Å². The number of nitrogens with zero attached hydrogens (tertiary/aromatic N) is 2. The van der Waals surface area contributed by atoms with Crippen molar-refractivity contribution in [1.82, 2.24) is 0 Å². The van der Waals surface area contributed by atoms with Gasteiger partial charge in [0.1, 0.15) is 37.4 Å². The number of phenols is 1. The molecule has 0 atom stereocenters. The molecular weight excluding hydrogens is 651 g/mol. The van der Waals surface area contributed by atoms with E-state index in [0.29, 0.717) is 11.3 Å². The van der Waals surface area contributed by atoms with E-state index in [-0.39, 0.29) is 112 Å². The molecule has 4 aromatic rings. The van der Waals surface area contributed by atoms with Crippen molar-refractivity contribution in [3.8, 4) is 11.5 Å². The Kier molecular flexibility index (Phi) is 15.4. The molecule has 0 aliphatic rings. The van der Waals surface area contributed by atoms with Crippen LogP contribution in [0, 0.1) is 6.92 Å². The minimum Gasteiger partial charge on any atom is -0.744 e. The molecule has 0 heterocycles. The first kappa shape index (κ1) is 40.4. The third-order valence-corrected chi connectivity index (χ3v) is 7.38. The number of nitrogens with one attached hydrogen (secondary N) is 1. The van der Waals surface area contributed by atoms with Crippen molar-refractivity contribution in [2.24, 2.45) is 10.2 Å². The second-order valence-corrected chi connectivity index (χ2v) is 11.1. The fourth-order valence-electron chi connectivity index (χ4n) is 3.77. The summed E-state index contributed by atoms with van der Waals surface area (Å²) in [6.45, 7) is 1.23. The van der Waals surface area contributed by atoms with Gasteiger partial charge < -0.3 is 34.4 Å². The maximum atomic E-state index is 12.2. The first-order chi connectivity index (χ1) is 19.3. The fourth-order valence-corrected chi connectivity index (χ4v) is 5.13. The zero-order chi connectivity index (χ0) is 29.9. The number of rotatable bonds is 9. The predicted octanol–water partition coefficient (Wildman–Crippen LogP) is -6.03. The molecule has 14 nitrogen and oxygen atoms in total. The average molecular weight is 670 g/mol. The van der Waals surface area contributed by atoms with Crippen molar-refractivity contribution in [1.29, 1.82) is 0 Å². The molecule has 19 heteroatoms. The van der Waals surface area contributed by atoms with Gasteiger partial charge in [0, 0.05) is 5.39 Å². The van der Waals surface area contributed by atoms with Crippen molar-refractivity contribution < 1.29 is 139 Å². The minimum absolute atomic E-state index is 0. The van der Waals surface area contributed by atoms with Crippen molar-refractivity contribution in [2.45, 2.75) is 16.7 Å². The van der Waals surface area contributed by atoms with Crippen LogP contribution in [-0.4, -0.2) is 43.7 Å². The van der Waals surface area contributed by atoms with Gasteiger partial charge in [-0.3, -0.25) is 0 Å². The number of aryl methyl sites for hydroxylation is 1. The van der Waals surface area contributed by atoms with Gasteiger partial charge >= 0.3 is 94.6 Å². The minimum atomic E-state index is -5.11. The van der Waals surface area contributed by atoms with Crippen molar-refractivity contribution >= 4 is 54.0 Å². The van der Waals surface area contributed by atoms with Gasteiger partial charge in [-0.1, -0.05) is 24.3 Å². The number of azo groups is 1. The molecule has 0 bridgehead atoms. The molecule has 44 heavy (non-hydrogen) atoms. The van der Waals surface area contributed by atoms with Crippen LogP contribution in [0.25, 0.3) is 10.8 Å². The summed E-state index contributed by atoms with van der Waals surface area (Å²) < 4.78 is 76.6. The Morgan fingerprint density at radius 2 is 1.52 bits per heavy atom. The number of carbonyl (C=O) groups excluding carboxylic acids is 1. The first-order valence-electron chi connectivity index (χ1n) is 11.3. The Balaban J connectivity index is 0.00000323. The molecule has 0 radical (unpaired) electrons. The Morgan fingerprint density at radius 1 is 0.886 bits per heavy atom. The van der Waals surface area contributed by atoms with E-state index in [9.17, 15) is 41.1 Å². The quantitative estimate of drug-likeness (QED) is 0.0424. The first-order valence-corrected chi connectivity index (χ1v) is 14.1. The fraction of sp³-hybridized carbons (Fsp3) is 0.0800. The SMILES string of the molecule is Cc1ccc(N=Nc2c(C(=O)O[O-])cc3cc(S(=O)(=O)[O-])c(NCOc4ccccc4)cc3c2O)c(S(=O)(=O)[O-])c1.[Na+].[Na+].[Na+]. The van der Waals surface area contributed by atoms with Crippen LogP contribution in [0.2, 0.25) is 0 Å². The van der Waals surface area contributed by atoms with Crippen LogP contribution in [-0.2, 0) is 25.1 Å². The van der Waals surface area contributed by atoms with Crippen molar-refractivity contribution in [3.05, 3.63) is 77.9 Å². The number of carbonyl (C=O) groups is 1. The Labute approximate surface area is 318 Å². The van der Waals surface area contributed by atoms with Gasteiger partial charge in [0.05, 0.1) is 21.0 Å². The van der Waals surface area contributed by atoms with Crippen molar-refractivity contribution in [2.75, 3.05) is 12.0 Å². The van der Waals surface area contributed by atoms with Gasteiger partial charge in [0.25, 0.3) is 0 Å². The molecule has 214 valence electrons. The normalized spacial score (nSPS) is 11.2. The summed E-state index contributed by atoms with van der Waals surface area (Å²) in [6.07, 6.45) is 0. The summed E-state index contributed by atoms with van der Waals surface area (Å²) in [7, 11) is -10.1. The van der Waals surface area contributed by atoms with Gasteiger partial charge in [-0.25, -0.2) is 21.6 Å². The van der Waals surface area contributed by atoms with Crippen LogP contribution in [0.5, 0.6) is 11.5 Å². The summed E-state index contributed by atoms with van der Waals surface area (Å²) in [5, 5.41) is 31.7. The summed E-state index contributed by atoms with van der Waals surface area (Å²) in [4.78, 5) is 14.2. The van der Waals surface area contributed by atoms with Crippen LogP contribution in [0.4, 0.5) is 17.1 Å². The van der Waals surface area contributed by atoms with E-state index in [2.05, 4.69) is 20.4 Å². The van der Waals surface area contributed by atoms with Crippen LogP contribution >= 0.6 is 0 Å². The average Bonchev–Trinajstić information content (AvgIpc) is 2.92. The predicted molar refractivity (Wildman–Crippen MR) is 138 cm³/mol. The van der Waals surface area contributed by atoms with Crippen molar-refractivity contribution in [3.63, 3.8) is 0 Å². The molecule has 0 fully saturated rings. The Hall–Kier alpha value is -1.61. The summed E-state index contributed by atoms with van der Waals surface area (Å²) in [6, 6.07) is 14.9. The molecule has 0 aliphatic heterocycles. The zero-order valence-electron chi connectivity index (χ0n) is 23.8. The number of phenolic OH excluding ortho intramolecular Hbond substituents is 1. The monoisotopic (exact) mass is 669 g/mol. The van der Waals surface area contributed by atoms with E-state index >= 15 is 0 Å². The molecule has 4 rings (SSSR count). The van der Waals surface area contributed by atoms with Crippen LogP contribution in [0.15, 0.2) is 86.7 Å². The number of hydrogen-bond donors (Lipinski definition) is 2. The molecule has 2 N–H and O–H groups in total. The molecule has 0 saturated carbocycles. The summed E-state index contributed by atoms with van der Waals surface area (Å²) in [5.41, 5.74) is -1.66. The van der Waals surface area contributed by atoms with E-state index < -0.39 is 58.7 Å². The maximum Gasteiger partial charge on any atom is 1.00 e. The zero-order valence-corrected chi connectivity index (χ0v) is 31.4. The number of fused-ring (bicyclic) bond motifs is 1. The number of aromatic hydroxyl groups is 1. The topological polar surface area (TPSA) is 230 Å². The van der Waals surface area contributed by atoms with Gasteiger partial charge in [-0.15, -0.1) is 10.2 Å². The summed E-state index contributed by atoms with van der Waals surface area (Å²) in [5.74, 6) is -1.96. The number of hydrogen-bond acceptors (Lipinski definition) is 14. The largest absolute Gasteiger partial charge is 1.00 e. The number of ether oxygens (including phenoxy) is 1. The smallest absolute Gasteiger partial charge is 0.744 e. The third kappa shape index (κ3) is 9.70. The maximum absolute atomic E-state index is 12.2. The van der Waals surface area contributed by atoms with E-state index in [4.69, 9.17) is 4.74 Å². The molecular formula is C25H18N3Na3O11S2. The molecule has 0 unspecified atom stereocenters. The molecule has 0 amide bonds. The van der Waals surface area contributed by atoms with E-state index in [1.54, 1.807) is 30.3 Å². The summed E-state index contributed by atoms with van der Waals surface area (Å²) >= 11 is 0. The standard InChI is InChI=1S/C25H21N3O11S2.3Na/c1-14-7-8-19(21(9-14)40(32,33)34)27-28-23-18(25(30)39-31)10-15-11-22(41(35,36)37)20(12-17(15)24(23)29)26-13-38-16-5-3-2-4-6-16;;;/h2-12,26,29,31H,13H2,1H3,(H,32,33,34)(H,35,36,37);;;/q;3*+1/p-3. The Morgan fingerprint density at radius 3 is 2.11 bits per heavy atom.